The van der Waals surface area contributed by atoms with Crippen LogP contribution in [0.5, 0.6) is 11.5 Å². The van der Waals surface area contributed by atoms with Gasteiger partial charge in [-0.15, -0.1) is 0 Å². The molecule has 57 heavy (non-hydrogen) atoms. The Labute approximate surface area is 352 Å². The SMILES string of the molecule is COc1cc(Br)ccc1[C@@H]1c2ccc(N)c(C)c2C[C@@H](C)N1CC1(F)CC1.COc1cc(Br)ccc1[C@@H]1c2ccc(NC(C)=O)c(C)c2C[C@@H](C)N1CC1(F)CC1. The van der Waals surface area contributed by atoms with Crippen molar-refractivity contribution in [1.82, 2.24) is 9.80 Å². The number of nitrogens with two attached hydrogens (primary N) is 1. The van der Waals surface area contributed by atoms with Crippen LogP contribution in [0.3, 0.4) is 0 Å². The lowest BCUT2D eigenvalue weighted by Crippen LogP contribution is -2.46. The van der Waals surface area contributed by atoms with Crippen molar-refractivity contribution in [3.05, 3.63) is 114 Å². The Balaban J connectivity index is 0.000000175. The molecule has 4 aliphatic rings. The molecule has 0 radical (unpaired) electrons. The number of hydrogen-bond acceptors (Lipinski definition) is 6. The normalized spacial score (nSPS) is 23.0. The van der Waals surface area contributed by atoms with Crippen LogP contribution in [0.1, 0.15) is 103 Å². The molecule has 2 aliphatic carbocycles. The molecule has 0 bridgehead atoms. The van der Waals surface area contributed by atoms with Gasteiger partial charge in [0.2, 0.25) is 5.91 Å². The number of nitrogen functional groups attached to an aromatic ring is 1. The number of carbonyl (C=O) groups is 1. The van der Waals surface area contributed by atoms with Crippen molar-refractivity contribution in [2.45, 2.75) is 109 Å². The van der Waals surface area contributed by atoms with E-state index in [1.807, 2.05) is 36.4 Å². The van der Waals surface area contributed by atoms with E-state index in [0.717, 1.165) is 72.5 Å². The van der Waals surface area contributed by atoms with E-state index in [1.54, 1.807) is 14.2 Å². The molecular weight excluding hydrogens is 854 g/mol. The molecule has 3 N–H and O–H groups in total. The number of halogens is 4. The van der Waals surface area contributed by atoms with E-state index in [4.69, 9.17) is 15.2 Å². The monoisotopic (exact) mass is 906 g/mol. The van der Waals surface area contributed by atoms with Crippen LogP contribution in [-0.2, 0) is 17.6 Å². The summed E-state index contributed by atoms with van der Waals surface area (Å²) in [6.45, 7) is 10.9. The van der Waals surface area contributed by atoms with Gasteiger partial charge in [0.25, 0.3) is 0 Å². The number of nitrogens with zero attached hydrogens (tertiary/aromatic N) is 2. The molecule has 2 fully saturated rings. The van der Waals surface area contributed by atoms with Gasteiger partial charge in [0.1, 0.15) is 22.8 Å². The van der Waals surface area contributed by atoms with E-state index in [9.17, 15) is 13.6 Å². The Kier molecular flexibility index (Phi) is 11.9. The van der Waals surface area contributed by atoms with Crippen LogP contribution in [0, 0.1) is 13.8 Å². The van der Waals surface area contributed by atoms with Crippen LogP contribution in [-0.4, -0.2) is 66.4 Å². The third-order valence-electron chi connectivity index (χ3n) is 12.5. The molecule has 0 saturated heterocycles. The minimum atomic E-state index is -1.09. The highest BCUT2D eigenvalue weighted by atomic mass is 79.9. The second kappa shape index (κ2) is 16.3. The fourth-order valence-electron chi connectivity index (χ4n) is 8.89. The highest BCUT2D eigenvalue weighted by Crippen LogP contribution is 2.50. The third-order valence-corrected chi connectivity index (χ3v) is 13.5. The lowest BCUT2D eigenvalue weighted by molar-refractivity contribution is -0.114. The Hall–Kier alpha value is -3.51. The van der Waals surface area contributed by atoms with Gasteiger partial charge in [0.15, 0.2) is 0 Å². The van der Waals surface area contributed by atoms with Crippen LogP contribution >= 0.6 is 31.9 Å². The van der Waals surface area contributed by atoms with Crippen molar-refractivity contribution >= 4 is 49.1 Å². The standard InChI is InChI=1S/C24H28BrFN2O2.C22H26BrFN2O/c1-14-11-20-15(2)21(27-16(3)29)8-7-18(20)23(28(14)13-24(26)9-10-24)19-6-5-17(25)12-22(19)30-4;1-13-10-18-14(2)19(25)7-6-16(18)21(26(13)12-22(24)8-9-22)17-5-4-15(23)11-20(17)27-3/h5-8,12,14,23H,9-11,13H2,1-4H3,(H,27,29);4-7,11,13,21H,8-10,12,25H2,1-3H3/t14-,23+;13-,21+/m11/s1. The zero-order chi connectivity index (χ0) is 41.0. The molecule has 2 saturated carbocycles. The Morgan fingerprint density at radius 1 is 0.737 bits per heavy atom. The van der Waals surface area contributed by atoms with E-state index in [2.05, 4.69) is 98.9 Å². The quantitative estimate of drug-likeness (QED) is 0.163. The maximum Gasteiger partial charge on any atom is 0.221 e. The molecule has 11 heteroatoms. The van der Waals surface area contributed by atoms with Gasteiger partial charge in [-0.25, -0.2) is 8.78 Å². The van der Waals surface area contributed by atoms with E-state index in [-0.39, 0.29) is 30.1 Å². The maximum absolute atomic E-state index is 14.9. The number of alkyl halides is 2. The lowest BCUT2D eigenvalue weighted by atomic mass is 9.82. The van der Waals surface area contributed by atoms with Gasteiger partial charge in [-0.3, -0.25) is 14.6 Å². The Morgan fingerprint density at radius 3 is 1.58 bits per heavy atom. The zero-order valence-electron chi connectivity index (χ0n) is 33.9. The molecule has 8 rings (SSSR count). The zero-order valence-corrected chi connectivity index (χ0v) is 37.1. The van der Waals surface area contributed by atoms with Crippen LogP contribution in [0.4, 0.5) is 20.2 Å². The van der Waals surface area contributed by atoms with Gasteiger partial charge < -0.3 is 20.5 Å². The topological polar surface area (TPSA) is 80.1 Å². The summed E-state index contributed by atoms with van der Waals surface area (Å²) in [6, 6.07) is 20.5. The maximum atomic E-state index is 14.9. The first-order valence-corrected chi connectivity index (χ1v) is 21.5. The first-order chi connectivity index (χ1) is 27.0. The van der Waals surface area contributed by atoms with Crippen LogP contribution in [0.2, 0.25) is 0 Å². The number of methoxy groups -OCH3 is 2. The Morgan fingerprint density at radius 2 is 1.16 bits per heavy atom. The van der Waals surface area contributed by atoms with Gasteiger partial charge in [-0.1, -0.05) is 56.1 Å². The van der Waals surface area contributed by atoms with Crippen molar-refractivity contribution in [2.24, 2.45) is 0 Å². The molecule has 0 unspecified atom stereocenters. The fourth-order valence-corrected chi connectivity index (χ4v) is 9.57. The molecular formula is C46H54Br2F2N4O3. The predicted octanol–water partition coefficient (Wildman–Crippen LogP) is 10.7. The Bertz CT molecular complexity index is 2170. The summed E-state index contributed by atoms with van der Waals surface area (Å²) in [4.78, 5) is 16.2. The number of amides is 1. The molecule has 0 aromatic heterocycles. The van der Waals surface area contributed by atoms with Crippen LogP contribution < -0.4 is 20.5 Å². The van der Waals surface area contributed by atoms with E-state index in [0.29, 0.717) is 38.8 Å². The smallest absolute Gasteiger partial charge is 0.221 e. The number of rotatable bonds is 9. The lowest BCUT2D eigenvalue weighted by Gasteiger charge is -2.44. The summed E-state index contributed by atoms with van der Waals surface area (Å²) in [6.07, 6.45) is 4.29. The molecule has 2 heterocycles. The number of anilines is 2. The number of carbonyl (C=O) groups excluding carboxylic acids is 1. The summed E-state index contributed by atoms with van der Waals surface area (Å²) in [7, 11) is 3.36. The van der Waals surface area contributed by atoms with Crippen molar-refractivity contribution in [2.75, 3.05) is 38.4 Å². The summed E-state index contributed by atoms with van der Waals surface area (Å²) < 4.78 is 43.1. The van der Waals surface area contributed by atoms with Crippen molar-refractivity contribution in [3.8, 4) is 11.5 Å². The summed E-state index contributed by atoms with van der Waals surface area (Å²) in [5.74, 6) is 1.52. The number of fused-ring (bicyclic) bond motifs is 2. The van der Waals surface area contributed by atoms with Gasteiger partial charge in [0.05, 0.1) is 26.3 Å². The van der Waals surface area contributed by atoms with E-state index < -0.39 is 11.3 Å². The predicted molar refractivity (Wildman–Crippen MR) is 232 cm³/mol. The molecule has 4 aromatic carbocycles. The minimum Gasteiger partial charge on any atom is -0.496 e. The van der Waals surface area contributed by atoms with Gasteiger partial charge in [0, 0.05) is 63.5 Å². The first kappa shape index (κ1) is 41.6. The summed E-state index contributed by atoms with van der Waals surface area (Å²) in [5.41, 5.74) is 14.9. The van der Waals surface area contributed by atoms with Gasteiger partial charge in [-0.2, -0.15) is 0 Å². The molecule has 7 nitrogen and oxygen atoms in total. The molecule has 0 spiro atoms. The van der Waals surface area contributed by atoms with Crippen molar-refractivity contribution in [1.29, 1.82) is 0 Å². The molecule has 4 atom stereocenters. The summed E-state index contributed by atoms with van der Waals surface area (Å²) in [5, 5.41) is 2.94. The van der Waals surface area contributed by atoms with Crippen LogP contribution in [0.15, 0.2) is 69.6 Å². The van der Waals surface area contributed by atoms with Crippen LogP contribution in [0.25, 0.3) is 0 Å². The fraction of sp³-hybridized carbons (Fsp3) is 0.457. The highest BCUT2D eigenvalue weighted by molar-refractivity contribution is 9.10. The van der Waals surface area contributed by atoms with Gasteiger partial charge >= 0.3 is 0 Å². The molecule has 1 amide bonds. The number of ether oxygens (including phenoxy) is 2. The third kappa shape index (κ3) is 8.63. The molecule has 304 valence electrons. The average molecular weight is 909 g/mol. The van der Waals surface area contributed by atoms with Crippen molar-refractivity contribution in [3.63, 3.8) is 0 Å². The molecule has 4 aromatic rings. The first-order valence-electron chi connectivity index (χ1n) is 19.9. The van der Waals surface area contributed by atoms with E-state index >= 15 is 0 Å². The van der Waals surface area contributed by atoms with Gasteiger partial charge in [-0.05, 0) is 136 Å². The second-order valence-corrected chi connectivity index (χ2v) is 18.5. The number of benzene rings is 4. The minimum absolute atomic E-state index is 0.0423. The van der Waals surface area contributed by atoms with E-state index in [1.165, 1.54) is 23.6 Å². The molecule has 2 aliphatic heterocycles. The average Bonchev–Trinajstić information content (AvgIpc) is 4.10. The second-order valence-electron chi connectivity index (χ2n) is 16.7. The van der Waals surface area contributed by atoms with Crippen molar-refractivity contribution < 1.29 is 23.0 Å². The highest BCUT2D eigenvalue weighted by Gasteiger charge is 2.49. The number of hydrogen-bond donors (Lipinski definition) is 2. The largest absolute Gasteiger partial charge is 0.496 e. The number of nitrogens with one attached hydrogen (secondary N) is 1. The summed E-state index contributed by atoms with van der Waals surface area (Å²) >= 11 is 7.06.